The fourth-order valence-electron chi connectivity index (χ4n) is 5.39. The lowest BCUT2D eigenvalue weighted by atomic mass is 9.53. The van der Waals surface area contributed by atoms with Crippen LogP contribution in [0.3, 0.4) is 0 Å². The second-order valence-corrected chi connectivity index (χ2v) is 7.24. The molecule has 15 heavy (non-hydrogen) atoms. The lowest BCUT2D eigenvalue weighted by molar-refractivity contribution is -0.0273. The molecule has 0 nitrogen and oxygen atoms in total. The van der Waals surface area contributed by atoms with Crippen molar-refractivity contribution in [1.82, 2.24) is 0 Å². The Balaban J connectivity index is 2.41. The topological polar surface area (TPSA) is 0 Å². The zero-order valence-electron chi connectivity index (χ0n) is 11.5. The van der Waals surface area contributed by atoms with Crippen LogP contribution in [0.5, 0.6) is 0 Å². The van der Waals surface area contributed by atoms with E-state index < -0.39 is 0 Å². The Morgan fingerprint density at radius 2 is 1.73 bits per heavy atom. The lowest BCUT2D eigenvalue weighted by Gasteiger charge is -2.51. The van der Waals surface area contributed by atoms with Gasteiger partial charge in [0.05, 0.1) is 0 Å². The standard InChI is InChI=1S/C15H28/c1-7-8-14(5)12(3)13(4)9-11(2)15(14,6)10-13/h11-12H,7-10H2,1-6H3. The molecule has 2 bridgehead atoms. The molecule has 2 fully saturated rings. The summed E-state index contributed by atoms with van der Waals surface area (Å²) in [6.45, 7) is 15.0. The molecule has 2 aliphatic rings. The summed E-state index contributed by atoms with van der Waals surface area (Å²) >= 11 is 0. The van der Waals surface area contributed by atoms with E-state index >= 15 is 0 Å². The van der Waals surface area contributed by atoms with Crippen molar-refractivity contribution in [1.29, 1.82) is 0 Å². The molecule has 0 heteroatoms. The zero-order valence-corrected chi connectivity index (χ0v) is 11.5. The van der Waals surface area contributed by atoms with E-state index in [4.69, 9.17) is 0 Å². The van der Waals surface area contributed by atoms with Crippen molar-refractivity contribution in [2.75, 3.05) is 0 Å². The third-order valence-corrected chi connectivity index (χ3v) is 6.71. The van der Waals surface area contributed by atoms with Crippen LogP contribution in [0.2, 0.25) is 0 Å². The van der Waals surface area contributed by atoms with Crippen LogP contribution in [0, 0.1) is 28.1 Å². The molecule has 0 aromatic rings. The van der Waals surface area contributed by atoms with Crippen molar-refractivity contribution in [3.8, 4) is 0 Å². The third kappa shape index (κ3) is 1.14. The van der Waals surface area contributed by atoms with Crippen LogP contribution >= 0.6 is 0 Å². The van der Waals surface area contributed by atoms with Crippen LogP contribution < -0.4 is 0 Å². The molecule has 88 valence electrons. The number of fused-ring (bicyclic) bond motifs is 2. The average molecular weight is 208 g/mol. The smallest absolute Gasteiger partial charge is 0.0238 e. The molecule has 0 saturated heterocycles. The molecule has 0 aromatic carbocycles. The second-order valence-electron chi connectivity index (χ2n) is 7.24. The minimum absolute atomic E-state index is 0.591. The largest absolute Gasteiger partial charge is 0.0654 e. The first kappa shape index (κ1) is 11.5. The number of hydrogen-bond acceptors (Lipinski definition) is 0. The Kier molecular flexibility index (Phi) is 2.31. The highest BCUT2D eigenvalue weighted by molar-refractivity contribution is 5.16. The molecule has 5 atom stereocenters. The van der Waals surface area contributed by atoms with E-state index in [1.807, 2.05) is 0 Å². The van der Waals surface area contributed by atoms with Crippen LogP contribution in [0.25, 0.3) is 0 Å². The van der Waals surface area contributed by atoms with Crippen molar-refractivity contribution < 1.29 is 0 Å². The van der Waals surface area contributed by atoms with E-state index in [2.05, 4.69) is 41.5 Å². The molecule has 2 saturated carbocycles. The first-order valence-corrected chi connectivity index (χ1v) is 6.80. The summed E-state index contributed by atoms with van der Waals surface area (Å²) in [5.41, 5.74) is 1.84. The maximum atomic E-state index is 2.57. The molecule has 0 aliphatic heterocycles. The lowest BCUT2D eigenvalue weighted by Crippen LogP contribution is -2.44. The summed E-state index contributed by atoms with van der Waals surface area (Å²) in [4.78, 5) is 0. The Morgan fingerprint density at radius 1 is 1.13 bits per heavy atom. The monoisotopic (exact) mass is 208 g/mol. The molecule has 2 aliphatic carbocycles. The van der Waals surface area contributed by atoms with Crippen LogP contribution in [0.4, 0.5) is 0 Å². The van der Waals surface area contributed by atoms with Crippen LogP contribution in [0.15, 0.2) is 0 Å². The summed E-state index contributed by atoms with van der Waals surface area (Å²) in [6, 6.07) is 0. The van der Waals surface area contributed by atoms with Gasteiger partial charge in [-0.2, -0.15) is 0 Å². The van der Waals surface area contributed by atoms with Crippen molar-refractivity contribution in [3.05, 3.63) is 0 Å². The van der Waals surface area contributed by atoms with Crippen LogP contribution in [-0.2, 0) is 0 Å². The third-order valence-electron chi connectivity index (χ3n) is 6.71. The summed E-state index contributed by atoms with van der Waals surface area (Å²) < 4.78 is 0. The summed E-state index contributed by atoms with van der Waals surface area (Å²) in [5, 5.41) is 0. The van der Waals surface area contributed by atoms with E-state index in [9.17, 15) is 0 Å². The van der Waals surface area contributed by atoms with Gasteiger partial charge in [-0.25, -0.2) is 0 Å². The maximum absolute atomic E-state index is 2.57. The minimum Gasteiger partial charge on any atom is -0.0654 e. The van der Waals surface area contributed by atoms with Crippen LogP contribution in [0.1, 0.15) is 67.2 Å². The quantitative estimate of drug-likeness (QED) is 0.606. The molecule has 0 aromatic heterocycles. The summed E-state index contributed by atoms with van der Waals surface area (Å²) in [5.74, 6) is 1.83. The van der Waals surface area contributed by atoms with Gasteiger partial charge in [0.2, 0.25) is 0 Å². The molecule has 0 radical (unpaired) electrons. The van der Waals surface area contributed by atoms with Gasteiger partial charge in [0.25, 0.3) is 0 Å². The zero-order chi connectivity index (χ0) is 11.5. The van der Waals surface area contributed by atoms with E-state index in [0.29, 0.717) is 16.2 Å². The van der Waals surface area contributed by atoms with Gasteiger partial charge < -0.3 is 0 Å². The fourth-order valence-corrected chi connectivity index (χ4v) is 5.39. The highest BCUT2D eigenvalue weighted by Gasteiger charge is 2.67. The SMILES string of the molecule is CCCC1(C)C(C)C2(C)CC(C)C1(C)C2. The Hall–Kier alpha value is 0. The van der Waals surface area contributed by atoms with Crippen molar-refractivity contribution in [2.45, 2.75) is 67.2 Å². The van der Waals surface area contributed by atoms with Gasteiger partial charge in [-0.05, 0) is 47.3 Å². The summed E-state index contributed by atoms with van der Waals surface area (Å²) in [6.07, 6.45) is 5.70. The Morgan fingerprint density at radius 3 is 2.20 bits per heavy atom. The van der Waals surface area contributed by atoms with E-state index in [0.717, 1.165) is 11.8 Å². The van der Waals surface area contributed by atoms with Gasteiger partial charge in [-0.15, -0.1) is 0 Å². The van der Waals surface area contributed by atoms with Crippen molar-refractivity contribution >= 4 is 0 Å². The molecule has 0 spiro atoms. The number of rotatable bonds is 2. The average Bonchev–Trinajstić information content (AvgIpc) is 2.44. The van der Waals surface area contributed by atoms with E-state index in [-0.39, 0.29) is 0 Å². The number of hydrogen-bond donors (Lipinski definition) is 0. The van der Waals surface area contributed by atoms with E-state index in [1.165, 1.54) is 25.7 Å². The summed E-state index contributed by atoms with van der Waals surface area (Å²) in [7, 11) is 0. The van der Waals surface area contributed by atoms with Crippen molar-refractivity contribution in [3.63, 3.8) is 0 Å². The molecule has 2 rings (SSSR count). The fraction of sp³-hybridized carbons (Fsp3) is 1.00. The molecule has 0 heterocycles. The van der Waals surface area contributed by atoms with Gasteiger partial charge in [0.15, 0.2) is 0 Å². The van der Waals surface area contributed by atoms with Gasteiger partial charge in [-0.1, -0.05) is 48.0 Å². The molecule has 5 unspecified atom stereocenters. The normalized spacial score (nSPS) is 58.8. The highest BCUT2D eigenvalue weighted by Crippen LogP contribution is 2.75. The first-order valence-electron chi connectivity index (χ1n) is 6.80. The van der Waals surface area contributed by atoms with Crippen LogP contribution in [-0.4, -0.2) is 0 Å². The van der Waals surface area contributed by atoms with Gasteiger partial charge >= 0.3 is 0 Å². The van der Waals surface area contributed by atoms with E-state index in [1.54, 1.807) is 0 Å². The highest BCUT2D eigenvalue weighted by atomic mass is 14.7. The van der Waals surface area contributed by atoms with Gasteiger partial charge in [0.1, 0.15) is 0 Å². The minimum atomic E-state index is 0.591. The van der Waals surface area contributed by atoms with Crippen molar-refractivity contribution in [2.24, 2.45) is 28.1 Å². The molecule has 0 amide bonds. The Labute approximate surface area is 95.8 Å². The molecular weight excluding hydrogens is 180 g/mol. The molecular formula is C15H28. The van der Waals surface area contributed by atoms with Gasteiger partial charge in [-0.3, -0.25) is 0 Å². The van der Waals surface area contributed by atoms with Gasteiger partial charge in [0, 0.05) is 0 Å². The predicted molar refractivity (Wildman–Crippen MR) is 66.8 cm³/mol. The molecule has 0 N–H and O–H groups in total. The predicted octanol–water partition coefficient (Wildman–Crippen LogP) is 4.89. The maximum Gasteiger partial charge on any atom is -0.0238 e. The first-order chi connectivity index (χ1) is 6.80. The second kappa shape index (κ2) is 3.02. The Bertz CT molecular complexity index is 269.